The first-order valence-electron chi connectivity index (χ1n) is 2.90. The molecular formula is C6H7N3. The van der Waals surface area contributed by atoms with E-state index in [0.29, 0.717) is 0 Å². The molecule has 2 N–H and O–H groups in total. The Labute approximate surface area is 53.2 Å². The largest absolute Gasteiger partial charge is 0.358 e. The summed E-state index contributed by atoms with van der Waals surface area (Å²) < 4.78 is 0. The van der Waals surface area contributed by atoms with Gasteiger partial charge in [-0.3, -0.25) is 4.99 Å². The molecule has 0 aromatic rings. The molecule has 0 unspecified atom stereocenters. The van der Waals surface area contributed by atoms with Gasteiger partial charge in [-0.1, -0.05) is 0 Å². The lowest BCUT2D eigenvalue weighted by Crippen LogP contribution is -2.29. The molecule has 0 bridgehead atoms. The molecule has 0 radical (unpaired) electrons. The SMILES string of the molecule is C1=CNC2=NCC=C2N1. The van der Waals surface area contributed by atoms with Crippen LogP contribution in [0.5, 0.6) is 0 Å². The van der Waals surface area contributed by atoms with E-state index < -0.39 is 0 Å². The number of fused-ring (bicyclic) bond motifs is 1. The quantitative estimate of drug-likeness (QED) is 0.471. The van der Waals surface area contributed by atoms with Crippen LogP contribution in [0.25, 0.3) is 0 Å². The molecular weight excluding hydrogens is 114 g/mol. The first kappa shape index (κ1) is 4.61. The van der Waals surface area contributed by atoms with E-state index in [0.717, 1.165) is 18.1 Å². The minimum Gasteiger partial charge on any atom is -0.358 e. The van der Waals surface area contributed by atoms with Crippen LogP contribution >= 0.6 is 0 Å². The molecule has 2 aliphatic heterocycles. The summed E-state index contributed by atoms with van der Waals surface area (Å²) in [5, 5.41) is 6.09. The molecule has 3 heteroatoms. The first-order chi connectivity index (χ1) is 4.47. The fraction of sp³-hybridized carbons (Fsp3) is 0.167. The number of aliphatic imine (C=N–C) groups is 1. The van der Waals surface area contributed by atoms with E-state index in [4.69, 9.17) is 0 Å². The summed E-state index contributed by atoms with van der Waals surface area (Å²) in [4.78, 5) is 4.16. The Kier molecular flexibility index (Phi) is 0.828. The number of hydrogen-bond donors (Lipinski definition) is 2. The molecule has 46 valence electrons. The van der Waals surface area contributed by atoms with Crippen molar-refractivity contribution >= 4 is 5.84 Å². The van der Waals surface area contributed by atoms with Crippen LogP contribution in [0.2, 0.25) is 0 Å². The van der Waals surface area contributed by atoms with Crippen LogP contribution in [0.1, 0.15) is 0 Å². The zero-order valence-electron chi connectivity index (χ0n) is 4.89. The van der Waals surface area contributed by atoms with Crippen molar-refractivity contribution in [1.29, 1.82) is 0 Å². The summed E-state index contributed by atoms with van der Waals surface area (Å²) in [6.45, 7) is 0.798. The Hall–Kier alpha value is -1.25. The van der Waals surface area contributed by atoms with Gasteiger partial charge in [-0.2, -0.15) is 0 Å². The molecule has 2 aliphatic rings. The molecule has 9 heavy (non-hydrogen) atoms. The second kappa shape index (κ2) is 1.62. The average molecular weight is 121 g/mol. The zero-order chi connectivity index (χ0) is 6.10. The summed E-state index contributed by atoms with van der Waals surface area (Å²) >= 11 is 0. The van der Waals surface area contributed by atoms with Crippen molar-refractivity contribution in [3.8, 4) is 0 Å². The summed E-state index contributed by atoms with van der Waals surface area (Å²) in [5.41, 5.74) is 1.09. The molecule has 0 aromatic carbocycles. The highest BCUT2D eigenvalue weighted by molar-refractivity contribution is 6.00. The molecule has 0 saturated heterocycles. The maximum atomic E-state index is 4.16. The third-order valence-corrected chi connectivity index (χ3v) is 1.34. The summed E-state index contributed by atoms with van der Waals surface area (Å²) in [7, 11) is 0. The van der Waals surface area contributed by atoms with Crippen molar-refractivity contribution in [2.45, 2.75) is 0 Å². The Morgan fingerprint density at radius 1 is 1.33 bits per heavy atom. The standard InChI is InChI=1S/C6H7N3/c1-2-8-6-5(1)7-3-4-9-6/h1,3-4,7H,2H2,(H,8,9). The van der Waals surface area contributed by atoms with Gasteiger partial charge in [0.15, 0.2) is 0 Å². The molecule has 0 aromatic heterocycles. The molecule has 0 atom stereocenters. The second-order valence-corrected chi connectivity index (χ2v) is 1.93. The third kappa shape index (κ3) is 0.614. The average Bonchev–Trinajstić information content (AvgIpc) is 2.33. The van der Waals surface area contributed by atoms with Crippen LogP contribution in [0.4, 0.5) is 0 Å². The van der Waals surface area contributed by atoms with Crippen molar-refractivity contribution in [1.82, 2.24) is 10.6 Å². The van der Waals surface area contributed by atoms with Crippen LogP contribution in [-0.4, -0.2) is 12.4 Å². The molecule has 2 rings (SSSR count). The lowest BCUT2D eigenvalue weighted by molar-refractivity contribution is 1.04. The second-order valence-electron chi connectivity index (χ2n) is 1.93. The van der Waals surface area contributed by atoms with Crippen molar-refractivity contribution in [3.05, 3.63) is 24.2 Å². The minimum absolute atomic E-state index is 0.798. The molecule has 0 aliphatic carbocycles. The van der Waals surface area contributed by atoms with Gasteiger partial charge in [-0.05, 0) is 6.08 Å². The van der Waals surface area contributed by atoms with E-state index >= 15 is 0 Å². The number of hydrogen-bond acceptors (Lipinski definition) is 3. The molecule has 3 nitrogen and oxygen atoms in total. The van der Waals surface area contributed by atoms with Gasteiger partial charge in [0.2, 0.25) is 0 Å². The van der Waals surface area contributed by atoms with Gasteiger partial charge in [0, 0.05) is 12.4 Å². The van der Waals surface area contributed by atoms with E-state index in [2.05, 4.69) is 15.6 Å². The predicted octanol–water partition coefficient (Wildman–Crippen LogP) is -0.0536. The van der Waals surface area contributed by atoms with Crippen molar-refractivity contribution in [2.75, 3.05) is 6.54 Å². The molecule has 0 spiro atoms. The molecule has 0 saturated carbocycles. The monoisotopic (exact) mass is 121 g/mol. The van der Waals surface area contributed by atoms with Crippen LogP contribution in [0.15, 0.2) is 29.2 Å². The summed E-state index contributed by atoms with van der Waals surface area (Å²) in [6.07, 6.45) is 5.74. The van der Waals surface area contributed by atoms with Gasteiger partial charge in [0.25, 0.3) is 0 Å². The highest BCUT2D eigenvalue weighted by Crippen LogP contribution is 2.02. The summed E-state index contributed by atoms with van der Waals surface area (Å²) in [6, 6.07) is 0. The fourth-order valence-electron chi connectivity index (χ4n) is 0.913. The van der Waals surface area contributed by atoms with E-state index in [9.17, 15) is 0 Å². The Morgan fingerprint density at radius 3 is 3.11 bits per heavy atom. The van der Waals surface area contributed by atoms with Crippen LogP contribution < -0.4 is 10.6 Å². The number of nitrogens with one attached hydrogen (secondary N) is 2. The van der Waals surface area contributed by atoms with Gasteiger partial charge >= 0.3 is 0 Å². The van der Waals surface area contributed by atoms with Crippen molar-refractivity contribution in [2.24, 2.45) is 4.99 Å². The van der Waals surface area contributed by atoms with Crippen LogP contribution in [-0.2, 0) is 0 Å². The van der Waals surface area contributed by atoms with Gasteiger partial charge in [-0.15, -0.1) is 0 Å². The normalized spacial score (nSPS) is 21.3. The van der Waals surface area contributed by atoms with E-state index in [1.807, 2.05) is 18.5 Å². The van der Waals surface area contributed by atoms with Crippen LogP contribution in [0, 0.1) is 0 Å². The maximum absolute atomic E-state index is 4.16. The number of nitrogens with zero attached hydrogens (tertiary/aromatic N) is 1. The number of rotatable bonds is 0. The zero-order valence-corrected chi connectivity index (χ0v) is 4.89. The van der Waals surface area contributed by atoms with E-state index in [1.54, 1.807) is 0 Å². The first-order valence-corrected chi connectivity index (χ1v) is 2.90. The molecule has 0 fully saturated rings. The van der Waals surface area contributed by atoms with Crippen molar-refractivity contribution in [3.63, 3.8) is 0 Å². The fourth-order valence-corrected chi connectivity index (χ4v) is 0.913. The third-order valence-electron chi connectivity index (χ3n) is 1.34. The van der Waals surface area contributed by atoms with E-state index in [1.165, 1.54) is 0 Å². The highest BCUT2D eigenvalue weighted by atomic mass is 15.1. The van der Waals surface area contributed by atoms with Crippen molar-refractivity contribution < 1.29 is 0 Å². The molecule has 2 heterocycles. The Morgan fingerprint density at radius 2 is 2.22 bits per heavy atom. The number of amidine groups is 1. The van der Waals surface area contributed by atoms with Gasteiger partial charge < -0.3 is 10.6 Å². The van der Waals surface area contributed by atoms with E-state index in [-0.39, 0.29) is 0 Å². The Bertz CT molecular complexity index is 190. The van der Waals surface area contributed by atoms with Gasteiger partial charge in [0.05, 0.1) is 12.2 Å². The van der Waals surface area contributed by atoms with Gasteiger partial charge in [-0.25, -0.2) is 0 Å². The van der Waals surface area contributed by atoms with Crippen LogP contribution in [0.3, 0.4) is 0 Å². The molecule has 0 amide bonds. The summed E-state index contributed by atoms with van der Waals surface area (Å²) in [5.74, 6) is 0.956. The maximum Gasteiger partial charge on any atom is 0.149 e. The predicted molar refractivity (Wildman–Crippen MR) is 35.8 cm³/mol. The lowest BCUT2D eigenvalue weighted by Gasteiger charge is -2.10. The van der Waals surface area contributed by atoms with Gasteiger partial charge in [0.1, 0.15) is 5.84 Å². The Balaban J connectivity index is 2.35. The topological polar surface area (TPSA) is 36.4 Å². The highest BCUT2D eigenvalue weighted by Gasteiger charge is 2.10. The minimum atomic E-state index is 0.798. The smallest absolute Gasteiger partial charge is 0.149 e. The lowest BCUT2D eigenvalue weighted by atomic mass is 10.4.